The molecule has 7 heteroatoms. The number of fused-ring (bicyclic) bond motifs is 1. The maximum Gasteiger partial charge on any atom is 0.240 e. The van der Waals surface area contributed by atoms with Gasteiger partial charge in [0.2, 0.25) is 5.91 Å². The lowest BCUT2D eigenvalue weighted by Crippen LogP contribution is -2.46. The van der Waals surface area contributed by atoms with Gasteiger partial charge in [-0.2, -0.15) is 0 Å². The molecule has 1 amide bonds. The lowest BCUT2D eigenvalue weighted by Gasteiger charge is -2.25. The Morgan fingerprint density at radius 1 is 1.32 bits per heavy atom. The molecule has 2 aliphatic heterocycles. The van der Waals surface area contributed by atoms with Gasteiger partial charge in [0.25, 0.3) is 0 Å². The first-order chi connectivity index (χ1) is 13.5. The second-order valence-corrected chi connectivity index (χ2v) is 8.62. The van der Waals surface area contributed by atoms with Gasteiger partial charge in [-0.1, -0.05) is 12.1 Å². The average molecular weight is 385 g/mol. The lowest BCUT2D eigenvalue weighted by molar-refractivity contribution is -0.132. The zero-order valence-corrected chi connectivity index (χ0v) is 17.1. The number of amides is 1. The number of likely N-dealkylation sites (tertiary alicyclic amines) is 1. The summed E-state index contributed by atoms with van der Waals surface area (Å²) in [7, 11) is 1.94. The van der Waals surface area contributed by atoms with Crippen LogP contribution in [0.2, 0.25) is 0 Å². The summed E-state index contributed by atoms with van der Waals surface area (Å²) in [5.41, 5.74) is 8.66. The van der Waals surface area contributed by atoms with Gasteiger partial charge in [0.15, 0.2) is 0 Å². The predicted octanol–water partition coefficient (Wildman–Crippen LogP) is 1.46. The highest BCUT2D eigenvalue weighted by atomic mass is 16.2. The molecule has 0 aliphatic carbocycles. The predicted molar refractivity (Wildman–Crippen MR) is 111 cm³/mol. The van der Waals surface area contributed by atoms with E-state index in [1.807, 2.05) is 36.5 Å². The number of rotatable bonds is 6. The summed E-state index contributed by atoms with van der Waals surface area (Å²) in [4.78, 5) is 21.8. The molecule has 0 spiro atoms. The molecule has 1 aromatic heterocycles. The third-order valence-corrected chi connectivity index (χ3v) is 6.18. The highest BCUT2D eigenvalue weighted by Gasteiger charge is 2.33. The number of aromatic nitrogens is 2. The summed E-state index contributed by atoms with van der Waals surface area (Å²) in [6.07, 6.45) is 3.86. The molecule has 1 aromatic carbocycles. The number of imidazole rings is 1. The molecular weight excluding hydrogens is 352 g/mol. The van der Waals surface area contributed by atoms with Crippen molar-refractivity contribution in [3.8, 4) is 0 Å². The molecule has 0 bridgehead atoms. The first-order valence-electron chi connectivity index (χ1n) is 10.4. The number of hydrazine groups is 1. The standard InChI is InChI=1S/C21H32N6O/c1-15(2)26-9-8-16(12-26)11-25(3)21(28)19-10-17(23-24-19)13-27-14-22-18-6-4-5-7-20(18)27/h4-7,14-17,19,23-24H,8-13H2,1-3H3. The van der Waals surface area contributed by atoms with E-state index < -0.39 is 0 Å². The molecule has 2 aliphatic rings. The lowest BCUT2D eigenvalue weighted by atomic mass is 10.1. The van der Waals surface area contributed by atoms with Gasteiger partial charge in [-0.3, -0.25) is 10.2 Å². The van der Waals surface area contributed by atoms with Gasteiger partial charge in [-0.15, -0.1) is 0 Å². The van der Waals surface area contributed by atoms with Gasteiger partial charge in [0.1, 0.15) is 6.04 Å². The Balaban J connectivity index is 1.29. The Kier molecular flexibility index (Phi) is 5.66. The van der Waals surface area contributed by atoms with Crippen LogP contribution in [0.5, 0.6) is 0 Å². The van der Waals surface area contributed by atoms with Crippen molar-refractivity contribution in [2.24, 2.45) is 5.92 Å². The van der Waals surface area contributed by atoms with Crippen LogP contribution in [0.4, 0.5) is 0 Å². The molecule has 7 nitrogen and oxygen atoms in total. The van der Waals surface area contributed by atoms with Crippen LogP contribution >= 0.6 is 0 Å². The van der Waals surface area contributed by atoms with E-state index in [1.54, 1.807) is 0 Å². The van der Waals surface area contributed by atoms with E-state index in [0.29, 0.717) is 12.0 Å². The number of hydrogen-bond donors (Lipinski definition) is 2. The Morgan fingerprint density at radius 2 is 2.14 bits per heavy atom. The average Bonchev–Trinajstić information content (AvgIpc) is 3.42. The van der Waals surface area contributed by atoms with Crippen molar-refractivity contribution in [3.05, 3.63) is 30.6 Å². The minimum Gasteiger partial charge on any atom is -0.344 e. The Hall–Kier alpha value is -1.96. The Labute approximate surface area is 167 Å². The Morgan fingerprint density at radius 3 is 2.93 bits per heavy atom. The fraction of sp³-hybridized carbons (Fsp3) is 0.619. The normalized spacial score (nSPS) is 25.8. The van der Waals surface area contributed by atoms with E-state index >= 15 is 0 Å². The first-order valence-corrected chi connectivity index (χ1v) is 10.4. The van der Waals surface area contributed by atoms with Gasteiger partial charge >= 0.3 is 0 Å². The largest absolute Gasteiger partial charge is 0.344 e. The molecule has 3 atom stereocenters. The molecule has 2 saturated heterocycles. The third kappa shape index (κ3) is 4.06. The molecule has 2 N–H and O–H groups in total. The van der Waals surface area contributed by atoms with Crippen molar-refractivity contribution in [3.63, 3.8) is 0 Å². The summed E-state index contributed by atoms with van der Waals surface area (Å²) in [6.45, 7) is 8.38. The number of benzene rings is 1. The molecule has 2 fully saturated rings. The van der Waals surface area contributed by atoms with Crippen LogP contribution in [0.1, 0.15) is 26.7 Å². The SMILES string of the molecule is CC(C)N1CCC(CN(C)C(=O)C2CC(Cn3cnc4ccccc43)NN2)C1. The van der Waals surface area contributed by atoms with E-state index in [1.165, 1.54) is 6.42 Å². The summed E-state index contributed by atoms with van der Waals surface area (Å²) in [5.74, 6) is 0.771. The van der Waals surface area contributed by atoms with Crippen LogP contribution in [0.15, 0.2) is 30.6 Å². The van der Waals surface area contributed by atoms with Crippen molar-refractivity contribution >= 4 is 16.9 Å². The van der Waals surface area contributed by atoms with Gasteiger partial charge < -0.3 is 14.4 Å². The van der Waals surface area contributed by atoms with Gasteiger partial charge in [-0.25, -0.2) is 10.4 Å². The summed E-state index contributed by atoms with van der Waals surface area (Å²) < 4.78 is 2.16. The smallest absolute Gasteiger partial charge is 0.240 e. The van der Waals surface area contributed by atoms with Crippen molar-refractivity contribution in [1.29, 1.82) is 0 Å². The number of para-hydroxylation sites is 2. The van der Waals surface area contributed by atoms with E-state index in [9.17, 15) is 4.79 Å². The minimum absolute atomic E-state index is 0.160. The van der Waals surface area contributed by atoms with Crippen LogP contribution < -0.4 is 10.9 Å². The molecular formula is C21H32N6O. The maximum absolute atomic E-state index is 12.9. The zero-order valence-electron chi connectivity index (χ0n) is 17.1. The van der Waals surface area contributed by atoms with E-state index in [-0.39, 0.29) is 18.0 Å². The zero-order chi connectivity index (χ0) is 19.7. The van der Waals surface area contributed by atoms with Crippen molar-refractivity contribution in [2.75, 3.05) is 26.7 Å². The van der Waals surface area contributed by atoms with Crippen molar-refractivity contribution in [2.45, 2.75) is 51.4 Å². The number of carbonyl (C=O) groups excluding carboxylic acids is 1. The molecule has 4 rings (SSSR count). The fourth-order valence-electron chi connectivity index (χ4n) is 4.52. The van der Waals surface area contributed by atoms with Crippen LogP contribution in [-0.2, 0) is 11.3 Å². The Bertz CT molecular complexity index is 818. The molecule has 2 aromatic rings. The molecule has 152 valence electrons. The van der Waals surface area contributed by atoms with E-state index in [0.717, 1.165) is 43.6 Å². The van der Waals surface area contributed by atoms with Crippen molar-refractivity contribution < 1.29 is 4.79 Å². The van der Waals surface area contributed by atoms with Crippen molar-refractivity contribution in [1.82, 2.24) is 30.2 Å². The van der Waals surface area contributed by atoms with Gasteiger partial charge in [0.05, 0.1) is 17.4 Å². The highest BCUT2D eigenvalue weighted by molar-refractivity contribution is 5.82. The number of nitrogens with zero attached hydrogens (tertiary/aromatic N) is 4. The van der Waals surface area contributed by atoms with Gasteiger partial charge in [0, 0.05) is 38.8 Å². The number of likely N-dealkylation sites (N-methyl/N-ethyl adjacent to an activating group) is 1. The maximum atomic E-state index is 12.9. The minimum atomic E-state index is -0.160. The van der Waals surface area contributed by atoms with Crippen LogP contribution in [0.3, 0.4) is 0 Å². The molecule has 3 heterocycles. The molecule has 0 radical (unpaired) electrons. The third-order valence-electron chi connectivity index (χ3n) is 6.18. The van der Waals surface area contributed by atoms with Gasteiger partial charge in [-0.05, 0) is 51.3 Å². The van der Waals surface area contributed by atoms with Crippen LogP contribution in [-0.4, -0.2) is 70.1 Å². The second kappa shape index (κ2) is 8.19. The van der Waals surface area contributed by atoms with E-state index in [4.69, 9.17) is 0 Å². The number of nitrogens with one attached hydrogen (secondary N) is 2. The van der Waals surface area contributed by atoms with Crippen LogP contribution in [0.25, 0.3) is 11.0 Å². The molecule has 28 heavy (non-hydrogen) atoms. The van der Waals surface area contributed by atoms with Crippen LogP contribution in [0, 0.1) is 5.92 Å². The fourth-order valence-corrected chi connectivity index (χ4v) is 4.52. The monoisotopic (exact) mass is 384 g/mol. The first kappa shape index (κ1) is 19.4. The molecule has 0 saturated carbocycles. The summed E-state index contributed by atoms with van der Waals surface area (Å²) in [5, 5.41) is 0. The second-order valence-electron chi connectivity index (χ2n) is 8.62. The topological polar surface area (TPSA) is 65.4 Å². The molecule has 3 unspecified atom stereocenters. The number of carbonyl (C=O) groups is 1. The quantitative estimate of drug-likeness (QED) is 0.789. The highest BCUT2D eigenvalue weighted by Crippen LogP contribution is 2.20. The van der Waals surface area contributed by atoms with E-state index in [2.05, 4.69) is 45.2 Å². The number of hydrogen-bond acceptors (Lipinski definition) is 5. The summed E-state index contributed by atoms with van der Waals surface area (Å²) in [6, 6.07) is 8.79. The summed E-state index contributed by atoms with van der Waals surface area (Å²) >= 11 is 0.